The van der Waals surface area contributed by atoms with E-state index in [1.54, 1.807) is 0 Å². The monoisotopic (exact) mass is 426 g/mol. The van der Waals surface area contributed by atoms with Crippen LogP contribution in [0.4, 0.5) is 0 Å². The molecule has 33 heavy (non-hydrogen) atoms. The number of fused-ring (bicyclic) bond motifs is 5. The Morgan fingerprint density at radius 2 is 1.03 bits per heavy atom. The molecular weight excluding hydrogens is 396 g/mol. The van der Waals surface area contributed by atoms with E-state index in [4.69, 9.17) is 0 Å². The lowest BCUT2D eigenvalue weighted by atomic mass is 9.64. The summed E-state index contributed by atoms with van der Waals surface area (Å²) in [5, 5.41) is 0. The molecule has 3 aliphatic carbocycles. The van der Waals surface area contributed by atoms with Crippen molar-refractivity contribution in [1.29, 1.82) is 0 Å². The molecule has 3 aliphatic rings. The molecule has 4 aromatic carbocycles. The van der Waals surface area contributed by atoms with Gasteiger partial charge in [0.05, 0.1) is 5.41 Å². The Labute approximate surface area is 197 Å². The highest BCUT2D eigenvalue weighted by Crippen LogP contribution is 2.58. The second-order valence-electron chi connectivity index (χ2n) is 10.9. The zero-order valence-electron chi connectivity index (χ0n) is 20.0. The fourth-order valence-corrected chi connectivity index (χ4v) is 6.95. The zero-order valence-corrected chi connectivity index (χ0v) is 20.0. The molecule has 0 aliphatic heterocycles. The summed E-state index contributed by atoms with van der Waals surface area (Å²) in [6.07, 6.45) is 2.39. The molecule has 0 spiro atoms. The summed E-state index contributed by atoms with van der Waals surface area (Å²) in [5.74, 6) is 1.38. The predicted molar refractivity (Wildman–Crippen MR) is 137 cm³/mol. The molecule has 0 N–H and O–H groups in total. The number of aryl methyl sites for hydroxylation is 2. The van der Waals surface area contributed by atoms with Gasteiger partial charge in [-0.2, -0.15) is 0 Å². The van der Waals surface area contributed by atoms with Gasteiger partial charge in [-0.3, -0.25) is 0 Å². The van der Waals surface area contributed by atoms with Crippen LogP contribution in [0.5, 0.6) is 0 Å². The molecular formula is C33H30. The van der Waals surface area contributed by atoms with Crippen LogP contribution < -0.4 is 0 Å². The van der Waals surface area contributed by atoms with Gasteiger partial charge < -0.3 is 0 Å². The van der Waals surface area contributed by atoms with E-state index in [2.05, 4.69) is 100 Å². The van der Waals surface area contributed by atoms with Gasteiger partial charge in [-0.15, -0.1) is 0 Å². The molecule has 0 saturated carbocycles. The molecule has 0 fully saturated rings. The van der Waals surface area contributed by atoms with E-state index in [-0.39, 0.29) is 5.41 Å². The van der Waals surface area contributed by atoms with Gasteiger partial charge in [0.2, 0.25) is 0 Å². The van der Waals surface area contributed by atoms with Crippen molar-refractivity contribution < 1.29 is 0 Å². The van der Waals surface area contributed by atoms with Crippen molar-refractivity contribution in [2.24, 2.45) is 0 Å². The Hall–Kier alpha value is -3.12. The minimum atomic E-state index is -0.260. The molecule has 0 aromatic heterocycles. The highest BCUT2D eigenvalue weighted by atomic mass is 14.5. The Bertz CT molecular complexity index is 1350. The van der Waals surface area contributed by atoms with Crippen molar-refractivity contribution in [1.82, 2.24) is 0 Å². The second kappa shape index (κ2) is 6.48. The number of benzene rings is 4. The number of hydrogen-bond acceptors (Lipinski definition) is 0. The summed E-state index contributed by atoms with van der Waals surface area (Å²) in [6.45, 7) is 9.17. The van der Waals surface area contributed by atoms with Crippen LogP contribution in [0.1, 0.15) is 81.3 Å². The molecule has 0 saturated heterocycles. The molecule has 2 atom stereocenters. The summed E-state index contributed by atoms with van der Waals surface area (Å²) in [6, 6.07) is 28.9. The van der Waals surface area contributed by atoms with Gasteiger partial charge in [0.15, 0.2) is 0 Å². The number of hydrogen-bond donors (Lipinski definition) is 0. The molecule has 0 heteroatoms. The first-order valence-electron chi connectivity index (χ1n) is 12.5. The maximum atomic E-state index is 2.53. The summed E-state index contributed by atoms with van der Waals surface area (Å²) in [4.78, 5) is 0. The third-order valence-electron chi connectivity index (χ3n) is 8.71. The maximum absolute atomic E-state index is 2.53. The summed E-state index contributed by atoms with van der Waals surface area (Å²) < 4.78 is 0. The molecule has 0 bridgehead atoms. The van der Waals surface area contributed by atoms with Crippen LogP contribution in [0.15, 0.2) is 72.8 Å². The fourth-order valence-electron chi connectivity index (χ4n) is 6.95. The molecule has 4 aromatic rings. The second-order valence-corrected chi connectivity index (χ2v) is 10.9. The molecule has 2 unspecified atom stereocenters. The van der Waals surface area contributed by atoms with Crippen LogP contribution in [0.3, 0.4) is 0 Å². The summed E-state index contributed by atoms with van der Waals surface area (Å²) in [7, 11) is 0. The molecule has 7 rings (SSSR count). The molecule has 0 heterocycles. The van der Waals surface area contributed by atoms with Crippen LogP contribution in [0.2, 0.25) is 0 Å². The summed E-state index contributed by atoms with van der Waals surface area (Å²) >= 11 is 0. The lowest BCUT2D eigenvalue weighted by Gasteiger charge is -2.38. The normalized spacial score (nSPS) is 20.7. The average Bonchev–Trinajstić information content (AvgIpc) is 3.06. The topological polar surface area (TPSA) is 0 Å². The van der Waals surface area contributed by atoms with Crippen LogP contribution in [0.25, 0.3) is 11.1 Å². The first kappa shape index (κ1) is 19.4. The van der Waals surface area contributed by atoms with Crippen molar-refractivity contribution in [2.45, 2.75) is 57.8 Å². The molecule has 162 valence electrons. The minimum absolute atomic E-state index is 0.260. The maximum Gasteiger partial charge on any atom is 0.0713 e. The molecule has 0 nitrogen and oxygen atoms in total. The SMILES string of the molecule is Cc1ccc2c(c1)C(c1ccc3c(c1)CC3C)(c1ccc3c(c1)CC3C)c1cc(C)ccc1-2. The Morgan fingerprint density at radius 1 is 0.576 bits per heavy atom. The quantitative estimate of drug-likeness (QED) is 0.268. The van der Waals surface area contributed by atoms with Gasteiger partial charge in [-0.05, 0) is 94.2 Å². The van der Waals surface area contributed by atoms with Gasteiger partial charge in [-0.25, -0.2) is 0 Å². The lowest BCUT2D eigenvalue weighted by Crippen LogP contribution is -2.31. The van der Waals surface area contributed by atoms with Crippen LogP contribution >= 0.6 is 0 Å². The average molecular weight is 427 g/mol. The smallest absolute Gasteiger partial charge is 0.0587 e. The van der Waals surface area contributed by atoms with E-state index in [0.717, 1.165) is 0 Å². The standard InChI is InChI=1S/C33H30/c1-19-5-9-29-30-10-6-20(2)14-32(30)33(31(29)13-19,25-7-11-27-21(3)15-23(27)17-25)26-8-12-28-22(4)16-24(28)18-26/h5-14,17-18,21-22H,15-16H2,1-4H3. The van der Waals surface area contributed by atoms with Gasteiger partial charge >= 0.3 is 0 Å². The Morgan fingerprint density at radius 3 is 1.42 bits per heavy atom. The van der Waals surface area contributed by atoms with E-state index in [1.807, 2.05) is 0 Å². The van der Waals surface area contributed by atoms with Crippen LogP contribution in [-0.2, 0) is 18.3 Å². The fraction of sp³-hybridized carbons (Fsp3) is 0.273. The lowest BCUT2D eigenvalue weighted by molar-refractivity contribution is 0.651. The van der Waals surface area contributed by atoms with Crippen molar-refractivity contribution in [3.05, 3.63) is 128 Å². The van der Waals surface area contributed by atoms with Crippen LogP contribution in [-0.4, -0.2) is 0 Å². The van der Waals surface area contributed by atoms with Crippen molar-refractivity contribution in [3.63, 3.8) is 0 Å². The van der Waals surface area contributed by atoms with E-state index in [0.29, 0.717) is 11.8 Å². The highest BCUT2D eigenvalue weighted by Gasteiger charge is 2.47. The Kier molecular flexibility index (Phi) is 3.80. The largest absolute Gasteiger partial charge is 0.0713 e. The highest BCUT2D eigenvalue weighted by molar-refractivity contribution is 5.87. The molecule has 0 amide bonds. The van der Waals surface area contributed by atoms with Crippen molar-refractivity contribution in [2.75, 3.05) is 0 Å². The van der Waals surface area contributed by atoms with E-state index < -0.39 is 0 Å². The zero-order chi connectivity index (χ0) is 22.5. The Balaban J connectivity index is 1.61. The molecule has 0 radical (unpaired) electrons. The van der Waals surface area contributed by atoms with E-state index in [1.165, 1.54) is 79.6 Å². The first-order valence-corrected chi connectivity index (χ1v) is 12.5. The third-order valence-corrected chi connectivity index (χ3v) is 8.71. The van der Waals surface area contributed by atoms with Gasteiger partial charge in [0, 0.05) is 0 Å². The van der Waals surface area contributed by atoms with Crippen LogP contribution in [0, 0.1) is 13.8 Å². The predicted octanol–water partition coefficient (Wildman–Crippen LogP) is 7.99. The summed E-state index contributed by atoms with van der Waals surface area (Å²) in [5.41, 5.74) is 17.1. The minimum Gasteiger partial charge on any atom is -0.0587 e. The number of rotatable bonds is 2. The van der Waals surface area contributed by atoms with Gasteiger partial charge in [0.25, 0.3) is 0 Å². The first-order chi connectivity index (χ1) is 16.0. The van der Waals surface area contributed by atoms with E-state index >= 15 is 0 Å². The van der Waals surface area contributed by atoms with E-state index in [9.17, 15) is 0 Å². The van der Waals surface area contributed by atoms with Gasteiger partial charge in [-0.1, -0.05) is 97.8 Å². The van der Waals surface area contributed by atoms with Crippen molar-refractivity contribution >= 4 is 0 Å². The van der Waals surface area contributed by atoms with Crippen molar-refractivity contribution in [3.8, 4) is 11.1 Å². The third kappa shape index (κ3) is 2.42. The van der Waals surface area contributed by atoms with Gasteiger partial charge in [0.1, 0.15) is 0 Å².